The molecule has 0 aromatic heterocycles. The topological polar surface area (TPSA) is 38.3 Å². The number of carbonyl (C=O) groups is 1. The van der Waals surface area contributed by atoms with Gasteiger partial charge < -0.3 is 10.1 Å². The molecule has 0 aliphatic heterocycles. The molecule has 0 aliphatic rings. The molecule has 0 radical (unpaired) electrons. The van der Waals surface area contributed by atoms with Crippen molar-refractivity contribution in [3.05, 3.63) is 59.2 Å². The molecule has 0 spiro atoms. The number of methoxy groups -OCH3 is 1. The average Bonchev–Trinajstić information content (AvgIpc) is 2.46. The number of carbonyl (C=O) groups excluding carboxylic acids is 1. The maximum absolute atomic E-state index is 12.8. The van der Waals surface area contributed by atoms with E-state index in [0.29, 0.717) is 22.6 Å². The minimum absolute atomic E-state index is 0.222. The largest absolute Gasteiger partial charge is 0.496 e. The zero-order valence-electron chi connectivity index (χ0n) is 12.7. The first-order valence-electron chi connectivity index (χ1n) is 6.90. The van der Waals surface area contributed by atoms with E-state index < -0.39 is 11.7 Å². The first-order chi connectivity index (χ1) is 10.8. The molecule has 0 heterocycles. The molecule has 2 aromatic rings. The third-order valence-corrected chi connectivity index (χ3v) is 3.25. The van der Waals surface area contributed by atoms with Crippen LogP contribution in [0.15, 0.2) is 42.5 Å². The van der Waals surface area contributed by atoms with E-state index in [9.17, 15) is 18.0 Å². The van der Waals surface area contributed by atoms with Gasteiger partial charge >= 0.3 is 6.18 Å². The van der Waals surface area contributed by atoms with E-state index in [1.54, 1.807) is 24.3 Å². The lowest BCUT2D eigenvalue weighted by molar-refractivity contribution is -0.137. The number of rotatable bonds is 4. The van der Waals surface area contributed by atoms with Crippen molar-refractivity contribution in [3.8, 4) is 5.75 Å². The van der Waals surface area contributed by atoms with Gasteiger partial charge in [0.05, 0.1) is 12.7 Å². The number of anilines is 1. The number of halogens is 3. The molecule has 0 fully saturated rings. The van der Waals surface area contributed by atoms with Gasteiger partial charge in [0, 0.05) is 24.6 Å². The van der Waals surface area contributed by atoms with Gasteiger partial charge in [-0.15, -0.1) is 0 Å². The minimum Gasteiger partial charge on any atom is -0.496 e. The molecule has 1 N–H and O–H groups in total. The van der Waals surface area contributed by atoms with Crippen molar-refractivity contribution < 1.29 is 22.7 Å². The summed E-state index contributed by atoms with van der Waals surface area (Å²) in [6, 6.07) is 10.2. The summed E-state index contributed by atoms with van der Waals surface area (Å²) in [6.45, 7) is 1.39. The second kappa shape index (κ2) is 6.73. The Kier molecular flexibility index (Phi) is 4.93. The molecule has 1 amide bonds. The van der Waals surface area contributed by atoms with E-state index in [-0.39, 0.29) is 12.3 Å². The van der Waals surface area contributed by atoms with Gasteiger partial charge in [0.2, 0.25) is 5.91 Å². The number of ether oxygens (including phenoxy) is 1. The first-order valence-corrected chi connectivity index (χ1v) is 6.90. The summed E-state index contributed by atoms with van der Waals surface area (Å²) in [4.78, 5) is 11.1. The summed E-state index contributed by atoms with van der Waals surface area (Å²) in [5, 5.41) is 2.64. The molecule has 23 heavy (non-hydrogen) atoms. The van der Waals surface area contributed by atoms with Gasteiger partial charge in [0.15, 0.2) is 0 Å². The summed E-state index contributed by atoms with van der Waals surface area (Å²) >= 11 is 0. The Morgan fingerprint density at radius 2 is 1.91 bits per heavy atom. The third kappa shape index (κ3) is 4.48. The second-order valence-corrected chi connectivity index (χ2v) is 5.08. The van der Waals surface area contributed by atoms with E-state index in [2.05, 4.69) is 5.32 Å². The Labute approximate surface area is 132 Å². The quantitative estimate of drug-likeness (QED) is 0.913. The molecule has 0 atom stereocenters. The summed E-state index contributed by atoms with van der Waals surface area (Å²) in [6.07, 6.45) is -4.11. The van der Waals surface area contributed by atoms with Crippen LogP contribution in [0, 0.1) is 0 Å². The number of hydrogen-bond donors (Lipinski definition) is 1. The van der Waals surface area contributed by atoms with Crippen LogP contribution in [-0.2, 0) is 17.4 Å². The van der Waals surface area contributed by atoms with Crippen molar-refractivity contribution in [1.29, 1.82) is 0 Å². The molecular weight excluding hydrogens is 307 g/mol. The SMILES string of the molecule is COc1ccc(NC(C)=O)cc1Cc1cccc(C(F)(F)F)c1. The van der Waals surface area contributed by atoms with Gasteiger partial charge in [-0.05, 0) is 29.8 Å². The zero-order valence-corrected chi connectivity index (χ0v) is 12.7. The van der Waals surface area contributed by atoms with Gasteiger partial charge in [-0.3, -0.25) is 4.79 Å². The normalized spacial score (nSPS) is 11.2. The highest BCUT2D eigenvalue weighted by Crippen LogP contribution is 2.31. The summed E-state index contributed by atoms with van der Waals surface area (Å²) in [5.74, 6) is 0.330. The van der Waals surface area contributed by atoms with Crippen LogP contribution in [0.3, 0.4) is 0 Å². The molecule has 3 nitrogen and oxygen atoms in total. The standard InChI is InChI=1S/C17H16F3NO2/c1-11(22)21-15-6-7-16(23-2)13(10-15)8-12-4-3-5-14(9-12)17(18,19)20/h3-7,9-10H,8H2,1-2H3,(H,21,22). The highest BCUT2D eigenvalue weighted by atomic mass is 19.4. The van der Waals surface area contributed by atoms with Crippen molar-refractivity contribution in [2.75, 3.05) is 12.4 Å². The zero-order chi connectivity index (χ0) is 17.0. The summed E-state index contributed by atoms with van der Waals surface area (Å²) < 4.78 is 43.6. The van der Waals surface area contributed by atoms with Crippen molar-refractivity contribution >= 4 is 11.6 Å². The van der Waals surface area contributed by atoms with Crippen molar-refractivity contribution in [2.45, 2.75) is 19.5 Å². The van der Waals surface area contributed by atoms with E-state index in [0.717, 1.165) is 12.1 Å². The molecular formula is C17H16F3NO2. The highest BCUT2D eigenvalue weighted by Gasteiger charge is 2.30. The smallest absolute Gasteiger partial charge is 0.416 e. The van der Waals surface area contributed by atoms with Gasteiger partial charge in [0.1, 0.15) is 5.75 Å². The average molecular weight is 323 g/mol. The lowest BCUT2D eigenvalue weighted by Gasteiger charge is -2.13. The Morgan fingerprint density at radius 3 is 2.52 bits per heavy atom. The molecule has 0 saturated heterocycles. The molecule has 122 valence electrons. The molecule has 0 unspecified atom stereocenters. The van der Waals surface area contributed by atoms with Crippen LogP contribution in [0.1, 0.15) is 23.6 Å². The molecule has 0 saturated carbocycles. The third-order valence-electron chi connectivity index (χ3n) is 3.25. The first kappa shape index (κ1) is 16.9. The fourth-order valence-electron chi connectivity index (χ4n) is 2.28. The molecule has 2 rings (SSSR count). The number of nitrogens with one attached hydrogen (secondary N) is 1. The Hall–Kier alpha value is -2.50. The van der Waals surface area contributed by atoms with Crippen LogP contribution < -0.4 is 10.1 Å². The molecule has 2 aromatic carbocycles. The lowest BCUT2D eigenvalue weighted by atomic mass is 10.0. The fourth-order valence-corrected chi connectivity index (χ4v) is 2.28. The van der Waals surface area contributed by atoms with E-state index in [1.807, 2.05) is 0 Å². The van der Waals surface area contributed by atoms with Gasteiger partial charge in [-0.25, -0.2) is 0 Å². The summed E-state index contributed by atoms with van der Waals surface area (Å²) in [5.41, 5.74) is 1.09. The van der Waals surface area contributed by atoms with Gasteiger partial charge in [-0.1, -0.05) is 18.2 Å². The second-order valence-electron chi connectivity index (χ2n) is 5.08. The number of hydrogen-bond acceptors (Lipinski definition) is 2. The van der Waals surface area contributed by atoms with E-state index in [4.69, 9.17) is 4.74 Å². The van der Waals surface area contributed by atoms with Crippen LogP contribution in [0.2, 0.25) is 0 Å². The monoisotopic (exact) mass is 323 g/mol. The Bertz CT molecular complexity index is 711. The van der Waals surface area contributed by atoms with E-state index in [1.165, 1.54) is 20.1 Å². The van der Waals surface area contributed by atoms with E-state index >= 15 is 0 Å². The predicted octanol–water partition coefficient (Wildman–Crippen LogP) is 4.26. The number of amides is 1. The minimum atomic E-state index is -4.38. The number of alkyl halides is 3. The van der Waals surface area contributed by atoms with Crippen LogP contribution in [0.5, 0.6) is 5.75 Å². The fraction of sp³-hybridized carbons (Fsp3) is 0.235. The Balaban J connectivity index is 2.33. The van der Waals surface area contributed by atoms with Crippen LogP contribution >= 0.6 is 0 Å². The van der Waals surface area contributed by atoms with Crippen molar-refractivity contribution in [3.63, 3.8) is 0 Å². The molecule has 6 heteroatoms. The lowest BCUT2D eigenvalue weighted by Crippen LogP contribution is -2.07. The highest BCUT2D eigenvalue weighted by molar-refractivity contribution is 5.88. The number of benzene rings is 2. The van der Waals surface area contributed by atoms with Gasteiger partial charge in [-0.2, -0.15) is 13.2 Å². The molecule has 0 aliphatic carbocycles. The van der Waals surface area contributed by atoms with Crippen molar-refractivity contribution in [2.24, 2.45) is 0 Å². The predicted molar refractivity (Wildman–Crippen MR) is 81.5 cm³/mol. The summed E-state index contributed by atoms with van der Waals surface area (Å²) in [7, 11) is 1.49. The van der Waals surface area contributed by atoms with Crippen molar-refractivity contribution in [1.82, 2.24) is 0 Å². The van der Waals surface area contributed by atoms with Crippen LogP contribution in [0.4, 0.5) is 18.9 Å². The van der Waals surface area contributed by atoms with Crippen LogP contribution in [-0.4, -0.2) is 13.0 Å². The maximum Gasteiger partial charge on any atom is 0.416 e. The maximum atomic E-state index is 12.8. The van der Waals surface area contributed by atoms with Crippen LogP contribution in [0.25, 0.3) is 0 Å². The Morgan fingerprint density at radius 1 is 1.17 bits per heavy atom. The van der Waals surface area contributed by atoms with Gasteiger partial charge in [0.25, 0.3) is 0 Å². The molecule has 0 bridgehead atoms.